The second kappa shape index (κ2) is 6.50. The van der Waals surface area contributed by atoms with Crippen LogP contribution in [0.1, 0.15) is 36.7 Å². The van der Waals surface area contributed by atoms with Gasteiger partial charge in [-0.25, -0.2) is 0 Å². The van der Waals surface area contributed by atoms with Gasteiger partial charge in [0.2, 0.25) is 0 Å². The van der Waals surface area contributed by atoms with E-state index in [-0.39, 0.29) is 5.91 Å². The molecule has 0 saturated carbocycles. The lowest BCUT2D eigenvalue weighted by molar-refractivity contribution is 0.0906. The fraction of sp³-hybridized carbons (Fsp3) is 0.571. The highest BCUT2D eigenvalue weighted by molar-refractivity contribution is 5.92. The van der Waals surface area contributed by atoms with Gasteiger partial charge in [0.25, 0.3) is 5.91 Å². The van der Waals surface area contributed by atoms with E-state index in [1.807, 2.05) is 12.1 Å². The zero-order valence-electron chi connectivity index (χ0n) is 10.9. The van der Waals surface area contributed by atoms with Gasteiger partial charge in [-0.3, -0.25) is 9.78 Å². The molecule has 0 bridgehead atoms. The minimum absolute atomic E-state index is 0.0514. The molecule has 0 radical (unpaired) electrons. The molecule has 0 aromatic carbocycles. The van der Waals surface area contributed by atoms with Crippen LogP contribution in [0, 0.1) is 0 Å². The predicted molar refractivity (Wildman–Crippen MR) is 71.5 cm³/mol. The summed E-state index contributed by atoms with van der Waals surface area (Å²) in [4.78, 5) is 18.5. The topological polar surface area (TPSA) is 45.2 Å². The monoisotopic (exact) mass is 247 g/mol. The third-order valence-corrected chi connectivity index (χ3v) is 3.36. The van der Waals surface area contributed by atoms with Crippen molar-refractivity contribution in [2.45, 2.75) is 32.2 Å². The summed E-state index contributed by atoms with van der Waals surface area (Å²) in [5.74, 6) is -0.0514. The fourth-order valence-corrected chi connectivity index (χ4v) is 2.37. The van der Waals surface area contributed by atoms with Crippen molar-refractivity contribution in [3.8, 4) is 0 Å². The van der Waals surface area contributed by atoms with Crippen molar-refractivity contribution in [1.29, 1.82) is 0 Å². The number of carbonyl (C=O) groups is 1. The fourth-order valence-electron chi connectivity index (χ4n) is 2.37. The average Bonchev–Trinajstić information content (AvgIpc) is 2.42. The summed E-state index contributed by atoms with van der Waals surface area (Å²) in [5, 5.41) is 3.07. The van der Waals surface area contributed by atoms with Crippen LogP contribution in [0.2, 0.25) is 0 Å². The van der Waals surface area contributed by atoms with E-state index in [9.17, 15) is 4.79 Å². The molecule has 1 aliphatic heterocycles. The molecule has 1 saturated heterocycles. The Bertz CT molecular complexity index is 372. The van der Waals surface area contributed by atoms with E-state index in [4.69, 9.17) is 0 Å². The third kappa shape index (κ3) is 3.53. The first kappa shape index (κ1) is 13.0. The number of piperidine rings is 1. The van der Waals surface area contributed by atoms with E-state index in [1.165, 1.54) is 13.0 Å². The van der Waals surface area contributed by atoms with Gasteiger partial charge in [0.15, 0.2) is 0 Å². The molecule has 18 heavy (non-hydrogen) atoms. The molecule has 4 heteroatoms. The van der Waals surface area contributed by atoms with Gasteiger partial charge < -0.3 is 10.2 Å². The molecule has 4 nitrogen and oxygen atoms in total. The smallest absolute Gasteiger partial charge is 0.270 e. The molecule has 0 unspecified atom stereocenters. The van der Waals surface area contributed by atoms with Crippen molar-refractivity contribution in [3.05, 3.63) is 30.1 Å². The quantitative estimate of drug-likeness (QED) is 0.880. The van der Waals surface area contributed by atoms with Gasteiger partial charge in [-0.1, -0.05) is 13.0 Å². The number of carbonyl (C=O) groups excluding carboxylic acids is 1. The number of hydrogen-bond donors (Lipinski definition) is 1. The Balaban J connectivity index is 1.80. The Hall–Kier alpha value is -1.42. The van der Waals surface area contributed by atoms with Gasteiger partial charge in [0.1, 0.15) is 5.69 Å². The lowest BCUT2D eigenvalue weighted by Gasteiger charge is -2.31. The number of pyridine rings is 1. The number of aromatic nitrogens is 1. The molecular formula is C14H21N3O. The molecule has 1 amide bonds. The zero-order chi connectivity index (χ0) is 12.8. The summed E-state index contributed by atoms with van der Waals surface area (Å²) in [7, 11) is 0. The summed E-state index contributed by atoms with van der Waals surface area (Å²) in [5.41, 5.74) is 0.508. The summed E-state index contributed by atoms with van der Waals surface area (Å²) >= 11 is 0. The van der Waals surface area contributed by atoms with Crippen molar-refractivity contribution < 1.29 is 4.79 Å². The highest BCUT2D eigenvalue weighted by atomic mass is 16.1. The molecule has 0 atom stereocenters. The van der Waals surface area contributed by atoms with Crippen LogP contribution in [0.5, 0.6) is 0 Å². The SMILES string of the molecule is CCCN1CCC(NC(=O)c2ccccn2)CC1. The second-order valence-electron chi connectivity index (χ2n) is 4.80. The van der Waals surface area contributed by atoms with Crippen LogP contribution in [0.25, 0.3) is 0 Å². The van der Waals surface area contributed by atoms with E-state index < -0.39 is 0 Å². The highest BCUT2D eigenvalue weighted by Gasteiger charge is 2.20. The first-order valence-electron chi connectivity index (χ1n) is 6.74. The molecule has 1 aromatic rings. The van der Waals surface area contributed by atoms with Crippen molar-refractivity contribution in [3.63, 3.8) is 0 Å². The van der Waals surface area contributed by atoms with E-state index in [0.717, 1.165) is 25.9 Å². The van der Waals surface area contributed by atoms with E-state index >= 15 is 0 Å². The minimum atomic E-state index is -0.0514. The highest BCUT2D eigenvalue weighted by Crippen LogP contribution is 2.11. The molecule has 1 aliphatic rings. The van der Waals surface area contributed by atoms with Gasteiger partial charge >= 0.3 is 0 Å². The number of nitrogens with one attached hydrogen (secondary N) is 1. The Morgan fingerprint density at radius 2 is 2.22 bits per heavy atom. The van der Waals surface area contributed by atoms with Crippen LogP contribution in [0.15, 0.2) is 24.4 Å². The number of amides is 1. The van der Waals surface area contributed by atoms with Crippen LogP contribution >= 0.6 is 0 Å². The van der Waals surface area contributed by atoms with Crippen molar-refractivity contribution in [1.82, 2.24) is 15.2 Å². The lowest BCUT2D eigenvalue weighted by atomic mass is 10.0. The molecule has 2 rings (SSSR count). The Morgan fingerprint density at radius 1 is 1.44 bits per heavy atom. The maximum absolute atomic E-state index is 11.9. The molecule has 1 N–H and O–H groups in total. The van der Waals surface area contributed by atoms with Crippen LogP contribution in [-0.4, -0.2) is 41.5 Å². The van der Waals surface area contributed by atoms with Gasteiger partial charge in [0.05, 0.1) is 0 Å². The lowest BCUT2D eigenvalue weighted by Crippen LogP contribution is -2.44. The maximum atomic E-state index is 11.9. The molecule has 2 heterocycles. The van der Waals surface area contributed by atoms with Gasteiger partial charge in [-0.2, -0.15) is 0 Å². The molecule has 1 aromatic heterocycles. The zero-order valence-corrected chi connectivity index (χ0v) is 10.9. The van der Waals surface area contributed by atoms with Crippen molar-refractivity contribution in [2.24, 2.45) is 0 Å². The number of hydrogen-bond acceptors (Lipinski definition) is 3. The Kier molecular flexibility index (Phi) is 4.70. The van der Waals surface area contributed by atoms with Crippen molar-refractivity contribution >= 4 is 5.91 Å². The van der Waals surface area contributed by atoms with Crippen LogP contribution in [0.3, 0.4) is 0 Å². The molecular weight excluding hydrogens is 226 g/mol. The largest absolute Gasteiger partial charge is 0.348 e. The Morgan fingerprint density at radius 3 is 2.83 bits per heavy atom. The first-order chi connectivity index (χ1) is 8.79. The van der Waals surface area contributed by atoms with Gasteiger partial charge in [0, 0.05) is 25.3 Å². The summed E-state index contributed by atoms with van der Waals surface area (Å²) in [6.45, 7) is 5.54. The first-order valence-corrected chi connectivity index (χ1v) is 6.74. The Labute approximate surface area is 108 Å². The summed E-state index contributed by atoms with van der Waals surface area (Å²) in [6.07, 6.45) is 4.93. The van der Waals surface area contributed by atoms with E-state index in [2.05, 4.69) is 22.1 Å². The molecule has 0 aliphatic carbocycles. The standard InChI is InChI=1S/C14H21N3O/c1-2-9-17-10-6-12(7-11-17)16-14(18)13-5-3-4-8-15-13/h3-5,8,12H,2,6-7,9-11H2,1H3,(H,16,18). The van der Waals surface area contributed by atoms with Crippen molar-refractivity contribution in [2.75, 3.05) is 19.6 Å². The summed E-state index contributed by atoms with van der Waals surface area (Å²) in [6, 6.07) is 5.71. The molecule has 0 spiro atoms. The molecule has 1 fully saturated rings. The third-order valence-electron chi connectivity index (χ3n) is 3.36. The minimum Gasteiger partial charge on any atom is -0.348 e. The number of likely N-dealkylation sites (tertiary alicyclic amines) is 1. The van der Waals surface area contributed by atoms with E-state index in [1.54, 1.807) is 12.3 Å². The van der Waals surface area contributed by atoms with Gasteiger partial charge in [-0.15, -0.1) is 0 Å². The summed E-state index contributed by atoms with van der Waals surface area (Å²) < 4.78 is 0. The normalized spacial score (nSPS) is 17.6. The molecule has 98 valence electrons. The number of nitrogens with zero attached hydrogens (tertiary/aromatic N) is 2. The average molecular weight is 247 g/mol. The van der Waals surface area contributed by atoms with E-state index in [0.29, 0.717) is 11.7 Å². The van der Waals surface area contributed by atoms with Crippen LogP contribution in [-0.2, 0) is 0 Å². The second-order valence-corrected chi connectivity index (χ2v) is 4.80. The van der Waals surface area contributed by atoms with Gasteiger partial charge in [-0.05, 0) is 37.9 Å². The van der Waals surface area contributed by atoms with Crippen LogP contribution in [0.4, 0.5) is 0 Å². The number of rotatable bonds is 4. The maximum Gasteiger partial charge on any atom is 0.270 e. The predicted octanol–water partition coefficient (Wildman–Crippen LogP) is 1.69. The van der Waals surface area contributed by atoms with Crippen LogP contribution < -0.4 is 5.32 Å².